The molecule has 2 heterocycles. The van der Waals surface area contributed by atoms with Crippen LogP contribution in [-0.4, -0.2) is 78.3 Å². The summed E-state index contributed by atoms with van der Waals surface area (Å²) in [6, 6.07) is 5.38. The van der Waals surface area contributed by atoms with Gasteiger partial charge in [-0.2, -0.15) is 4.91 Å². The highest BCUT2D eigenvalue weighted by atomic mass is 16.6. The molecule has 11 heteroatoms. The maximum Gasteiger partial charge on any atom is 0.341 e. The van der Waals surface area contributed by atoms with Gasteiger partial charge in [-0.1, -0.05) is 37.2 Å². The summed E-state index contributed by atoms with van der Waals surface area (Å²) < 4.78 is 17.5. The van der Waals surface area contributed by atoms with Crippen molar-refractivity contribution in [3.8, 4) is 0 Å². The molecule has 0 radical (unpaired) electrons. The first-order valence-corrected chi connectivity index (χ1v) is 13.7. The van der Waals surface area contributed by atoms with Crippen LogP contribution in [0.3, 0.4) is 0 Å². The average molecular weight is 567 g/mol. The van der Waals surface area contributed by atoms with E-state index in [0.29, 0.717) is 50.3 Å². The molecule has 0 spiro atoms. The third-order valence-electron chi connectivity index (χ3n) is 5.56. The summed E-state index contributed by atoms with van der Waals surface area (Å²) in [7, 11) is 1.00. The van der Waals surface area contributed by atoms with E-state index in [0.717, 1.165) is 31.9 Å². The van der Waals surface area contributed by atoms with Crippen molar-refractivity contribution in [3.63, 3.8) is 0 Å². The third-order valence-corrected chi connectivity index (χ3v) is 5.56. The Morgan fingerprint density at radius 1 is 1.18 bits per heavy atom. The molecule has 3 N–H and O–H groups in total. The number of ether oxygens (including phenoxy) is 3. The molecule has 2 atom stereocenters. The van der Waals surface area contributed by atoms with Crippen molar-refractivity contribution in [2.45, 2.75) is 72.3 Å². The van der Waals surface area contributed by atoms with Crippen molar-refractivity contribution >= 4 is 22.9 Å². The van der Waals surface area contributed by atoms with E-state index in [1.165, 1.54) is 6.20 Å². The van der Waals surface area contributed by atoms with Crippen LogP contribution in [0.5, 0.6) is 0 Å². The number of rotatable bonds is 12. The van der Waals surface area contributed by atoms with Gasteiger partial charge in [0.2, 0.25) is 5.43 Å². The summed E-state index contributed by atoms with van der Waals surface area (Å²) in [4.78, 5) is 33.7. The van der Waals surface area contributed by atoms with Gasteiger partial charge in [-0.25, -0.2) is 4.79 Å². The second-order valence-corrected chi connectivity index (χ2v) is 8.37. The van der Waals surface area contributed by atoms with E-state index < -0.39 is 17.7 Å². The molecule has 0 amide bonds. The molecule has 0 saturated carbocycles. The predicted octanol–water partition coefficient (Wildman–Crippen LogP) is 4.45. The highest BCUT2D eigenvalue weighted by molar-refractivity contribution is 5.93. The number of benzene rings is 1. The lowest BCUT2D eigenvalue weighted by Crippen LogP contribution is -2.24. The van der Waals surface area contributed by atoms with Gasteiger partial charge >= 0.3 is 5.97 Å². The number of carboxylic acid groups (broad SMARTS) is 1. The van der Waals surface area contributed by atoms with E-state index in [-0.39, 0.29) is 18.2 Å². The Labute approximate surface area is 236 Å². The zero-order valence-corrected chi connectivity index (χ0v) is 24.4. The number of fused-ring (bicyclic) bond motifs is 1. The van der Waals surface area contributed by atoms with Crippen LogP contribution in [0.2, 0.25) is 0 Å². The summed E-state index contributed by atoms with van der Waals surface area (Å²) in [6.07, 6.45) is 8.40. The molecule has 1 saturated heterocycles. The van der Waals surface area contributed by atoms with E-state index in [1.807, 2.05) is 52.0 Å². The Bertz CT molecular complexity index is 1060. The van der Waals surface area contributed by atoms with Crippen molar-refractivity contribution in [3.05, 3.63) is 56.7 Å². The fourth-order valence-electron chi connectivity index (χ4n) is 3.70. The van der Waals surface area contributed by atoms with Crippen LogP contribution in [-0.2, 0) is 20.8 Å². The number of aromatic nitrogens is 1. The normalized spacial score (nSPS) is 16.2. The number of pyridine rings is 1. The lowest BCUT2D eigenvalue weighted by Gasteiger charge is -2.23. The molecule has 40 heavy (non-hydrogen) atoms. The van der Waals surface area contributed by atoms with Gasteiger partial charge in [-0.3, -0.25) is 4.79 Å². The van der Waals surface area contributed by atoms with Crippen molar-refractivity contribution in [1.82, 2.24) is 4.57 Å². The van der Waals surface area contributed by atoms with Crippen LogP contribution in [0.25, 0.3) is 17.0 Å². The number of aliphatic hydroxyl groups is 2. The van der Waals surface area contributed by atoms with Crippen molar-refractivity contribution in [2.24, 2.45) is 5.18 Å². The van der Waals surface area contributed by atoms with E-state index in [2.05, 4.69) is 5.18 Å². The van der Waals surface area contributed by atoms with Crippen LogP contribution in [0.4, 0.5) is 0 Å². The summed E-state index contributed by atoms with van der Waals surface area (Å²) in [5.74, 6) is -1.23. The Hall–Kier alpha value is -2.96. The first-order chi connectivity index (χ1) is 19.4. The van der Waals surface area contributed by atoms with Gasteiger partial charge in [0.1, 0.15) is 5.56 Å². The Morgan fingerprint density at radius 3 is 2.45 bits per heavy atom. The molecule has 0 bridgehead atoms. The standard InChI is InChI=1S/C20H24N2O6.C6H12O2.C2H6.CH4O/c1-2-22-14-17(20(24)25)19(23)16-13-15(6-7-18(16)22)5-3-9-27-11-12-28-10-4-8-21-26;1-5-3-2-4-6(7)8-5;2*1-2/h3,5-7,13-14H,2,4,8-12H2,1H3,(H,24,25);5-7H,2-4H2,1H3;1-2H3;2H,1H3/b5-3+;;;/t;5?,6-;;/m.1../s1. The number of nitroso groups, excluding NO2 is 1. The molecule has 1 aliphatic rings. The fourth-order valence-corrected chi connectivity index (χ4v) is 3.70. The minimum Gasteiger partial charge on any atom is -0.477 e. The number of nitrogens with zero attached hydrogens (tertiary/aromatic N) is 2. The molecular weight excluding hydrogens is 520 g/mol. The zero-order valence-electron chi connectivity index (χ0n) is 24.4. The number of aliphatic hydroxyl groups excluding tert-OH is 2. The van der Waals surface area contributed by atoms with Crippen molar-refractivity contribution in [1.29, 1.82) is 0 Å². The van der Waals surface area contributed by atoms with Gasteiger partial charge in [-0.05, 0) is 57.2 Å². The number of aromatic carboxylic acids is 1. The van der Waals surface area contributed by atoms with E-state index >= 15 is 0 Å². The second-order valence-electron chi connectivity index (χ2n) is 8.37. The molecule has 1 aromatic heterocycles. The molecule has 1 aliphatic heterocycles. The average Bonchev–Trinajstić information content (AvgIpc) is 2.96. The van der Waals surface area contributed by atoms with Gasteiger partial charge in [0.05, 0.1) is 38.0 Å². The highest BCUT2D eigenvalue weighted by Crippen LogP contribution is 2.16. The van der Waals surface area contributed by atoms with Crippen molar-refractivity contribution in [2.75, 3.05) is 40.1 Å². The Morgan fingerprint density at radius 2 is 1.88 bits per heavy atom. The Kier molecular flexibility index (Phi) is 21.1. The largest absolute Gasteiger partial charge is 0.477 e. The van der Waals surface area contributed by atoms with Gasteiger partial charge < -0.3 is 34.1 Å². The summed E-state index contributed by atoms with van der Waals surface area (Å²) >= 11 is 0. The summed E-state index contributed by atoms with van der Waals surface area (Å²) in [5.41, 5.74) is 0.771. The number of carboxylic acids is 1. The minimum absolute atomic E-state index is 0.234. The topological polar surface area (TPSA) is 157 Å². The third kappa shape index (κ3) is 13.9. The monoisotopic (exact) mass is 566 g/mol. The summed E-state index contributed by atoms with van der Waals surface area (Å²) in [6.45, 7) is 10.4. The minimum atomic E-state index is -1.23. The van der Waals surface area contributed by atoms with Gasteiger partial charge in [0.15, 0.2) is 6.29 Å². The van der Waals surface area contributed by atoms with Gasteiger partial charge in [0, 0.05) is 31.8 Å². The smallest absolute Gasteiger partial charge is 0.341 e. The molecule has 226 valence electrons. The molecule has 2 aromatic rings. The van der Waals surface area contributed by atoms with Crippen LogP contribution < -0.4 is 5.43 Å². The highest BCUT2D eigenvalue weighted by Gasteiger charge is 2.15. The van der Waals surface area contributed by atoms with Crippen LogP contribution in [0.15, 0.2) is 40.4 Å². The molecule has 1 aromatic carbocycles. The van der Waals surface area contributed by atoms with Gasteiger partial charge in [0.25, 0.3) is 0 Å². The van der Waals surface area contributed by atoms with E-state index in [1.54, 1.807) is 10.6 Å². The first-order valence-electron chi connectivity index (χ1n) is 13.7. The van der Waals surface area contributed by atoms with E-state index in [9.17, 15) is 19.6 Å². The molecule has 3 rings (SSSR count). The zero-order chi connectivity index (χ0) is 30.3. The lowest BCUT2D eigenvalue weighted by molar-refractivity contribution is -0.156. The predicted molar refractivity (Wildman–Crippen MR) is 157 cm³/mol. The van der Waals surface area contributed by atoms with Crippen LogP contribution >= 0.6 is 0 Å². The van der Waals surface area contributed by atoms with Crippen LogP contribution in [0, 0.1) is 4.91 Å². The lowest BCUT2D eigenvalue weighted by atomic mass is 10.1. The molecule has 1 unspecified atom stereocenters. The van der Waals surface area contributed by atoms with Gasteiger partial charge in [-0.15, -0.1) is 0 Å². The fraction of sp³-hybridized carbons (Fsp3) is 0.586. The number of hydrogen-bond acceptors (Lipinski definition) is 9. The maximum absolute atomic E-state index is 12.5. The number of hydrogen-bond donors (Lipinski definition) is 3. The Balaban J connectivity index is 0.00000106. The SMILES string of the molecule is CC.CC1CCC[C@H](O)O1.CCn1cc(C(=O)O)c(=O)c2cc(/C=C/COCCOCCCN=O)ccc21.CO. The molecule has 0 aliphatic carbocycles. The maximum atomic E-state index is 12.5. The second kappa shape index (κ2) is 22.8. The molecule has 11 nitrogen and oxygen atoms in total. The molecular formula is C29H46N2O9. The van der Waals surface area contributed by atoms with Crippen LogP contribution in [0.1, 0.15) is 69.3 Å². The first kappa shape index (κ1) is 37.0. The summed E-state index contributed by atoms with van der Waals surface area (Å²) in [5, 5.41) is 28.2. The molecule has 1 fully saturated rings. The van der Waals surface area contributed by atoms with E-state index in [4.69, 9.17) is 24.4 Å². The number of aryl methyl sites for hydroxylation is 1. The van der Waals surface area contributed by atoms with Crippen molar-refractivity contribution < 1.29 is 34.3 Å². The quantitative estimate of drug-likeness (QED) is 0.249. The number of carbonyl (C=O) groups is 1.